The molecule has 7 heteroatoms. The molecule has 212 valence electrons. The van der Waals surface area contributed by atoms with E-state index < -0.39 is 22.6 Å². The fourth-order valence-electron chi connectivity index (χ4n) is 8.43. The Morgan fingerprint density at radius 2 is 1.22 bits per heavy atom. The standard InChI is InChI=1S/C30H50O7/c1-24(2,31)19-11-14-27(6,33-19)23-12-15-26(5,34-23)21-9-10-22(32-21)28(7)17-18-30(37-28)29(8)16-13-20(35-29)25(3,4)36-30/h19-23,31H,9-18H2,1-8H3/t19-,20-,21-,22-,23-,26-,27-,28-,29+,30+/m0/s1. The fraction of sp³-hybridized carbons (Fsp3) is 1.00. The fourth-order valence-corrected chi connectivity index (χ4v) is 8.43. The number of rotatable bonds is 4. The van der Waals surface area contributed by atoms with Crippen LogP contribution in [-0.4, -0.2) is 75.0 Å². The Balaban J connectivity index is 1.12. The minimum absolute atomic E-state index is 0.00340. The van der Waals surface area contributed by atoms with Gasteiger partial charge in [0.2, 0.25) is 0 Å². The summed E-state index contributed by atoms with van der Waals surface area (Å²) in [4.78, 5) is 0. The van der Waals surface area contributed by atoms with E-state index in [2.05, 4.69) is 41.5 Å². The van der Waals surface area contributed by atoms with Crippen LogP contribution in [0.1, 0.15) is 120 Å². The summed E-state index contributed by atoms with van der Waals surface area (Å²) in [6, 6.07) is 0. The molecule has 0 amide bonds. The summed E-state index contributed by atoms with van der Waals surface area (Å²) >= 11 is 0. The largest absolute Gasteiger partial charge is 0.388 e. The van der Waals surface area contributed by atoms with Gasteiger partial charge < -0.3 is 33.5 Å². The summed E-state index contributed by atoms with van der Waals surface area (Å²) in [5.74, 6) is -0.718. The van der Waals surface area contributed by atoms with Crippen LogP contribution in [0.3, 0.4) is 0 Å². The molecule has 2 bridgehead atoms. The molecule has 6 rings (SSSR count). The van der Waals surface area contributed by atoms with Gasteiger partial charge in [-0.2, -0.15) is 0 Å². The van der Waals surface area contributed by atoms with Gasteiger partial charge >= 0.3 is 0 Å². The molecular formula is C30H50O7. The third kappa shape index (κ3) is 4.08. The third-order valence-electron chi connectivity index (χ3n) is 11.1. The quantitative estimate of drug-likeness (QED) is 0.544. The first-order chi connectivity index (χ1) is 17.0. The van der Waals surface area contributed by atoms with Crippen molar-refractivity contribution in [2.45, 2.75) is 190 Å². The molecule has 0 unspecified atom stereocenters. The molecule has 37 heavy (non-hydrogen) atoms. The van der Waals surface area contributed by atoms with Crippen LogP contribution in [0.2, 0.25) is 0 Å². The molecule has 1 spiro atoms. The van der Waals surface area contributed by atoms with Crippen LogP contribution >= 0.6 is 0 Å². The van der Waals surface area contributed by atoms with Gasteiger partial charge in [-0.3, -0.25) is 0 Å². The summed E-state index contributed by atoms with van der Waals surface area (Å²) in [6.45, 7) is 16.7. The van der Waals surface area contributed by atoms with Gasteiger partial charge in [0.15, 0.2) is 5.79 Å². The highest BCUT2D eigenvalue weighted by Gasteiger charge is 2.69. The van der Waals surface area contributed by atoms with Crippen molar-refractivity contribution < 1.29 is 33.5 Å². The van der Waals surface area contributed by atoms with Crippen LogP contribution in [0, 0.1) is 0 Å². The van der Waals surface area contributed by atoms with E-state index >= 15 is 0 Å². The second-order valence-corrected chi connectivity index (χ2v) is 15.0. The molecule has 6 aliphatic rings. The minimum Gasteiger partial charge on any atom is -0.388 e. The molecule has 0 aliphatic carbocycles. The number of fused-ring (bicyclic) bond motifs is 3. The highest BCUT2D eigenvalue weighted by Crippen LogP contribution is 2.59. The van der Waals surface area contributed by atoms with Crippen LogP contribution < -0.4 is 0 Å². The van der Waals surface area contributed by atoms with Gasteiger partial charge in [-0.05, 0) is 113 Å². The smallest absolute Gasteiger partial charge is 0.198 e. The monoisotopic (exact) mass is 522 g/mol. The maximum Gasteiger partial charge on any atom is 0.198 e. The molecule has 6 saturated heterocycles. The van der Waals surface area contributed by atoms with Gasteiger partial charge in [0.25, 0.3) is 0 Å². The average molecular weight is 523 g/mol. The SMILES string of the molecule is CC(C)(O)[C@@H]1CC[C@@](C)([C@@H]2CC[C@@](C)([C@@H]3CC[C@@H]([C@]4(C)CC[C@@]5(OC(C)(C)[C@@H]6CC[C@@]5(C)O6)O4)O3)O2)O1. The first-order valence-electron chi connectivity index (χ1n) is 14.8. The van der Waals surface area contributed by atoms with Crippen molar-refractivity contribution in [3.63, 3.8) is 0 Å². The van der Waals surface area contributed by atoms with E-state index in [1.807, 2.05) is 13.8 Å². The van der Waals surface area contributed by atoms with Crippen LogP contribution in [0.4, 0.5) is 0 Å². The maximum atomic E-state index is 10.5. The van der Waals surface area contributed by atoms with Crippen molar-refractivity contribution in [3.8, 4) is 0 Å². The van der Waals surface area contributed by atoms with Gasteiger partial charge in [0.1, 0.15) is 5.60 Å². The highest BCUT2D eigenvalue weighted by atomic mass is 16.8. The molecule has 10 atom stereocenters. The normalized spacial score (nSPS) is 55.5. The van der Waals surface area contributed by atoms with Gasteiger partial charge in [-0.15, -0.1) is 0 Å². The molecule has 6 aliphatic heterocycles. The van der Waals surface area contributed by atoms with Crippen LogP contribution in [0.15, 0.2) is 0 Å². The number of ether oxygens (including phenoxy) is 6. The molecule has 0 aromatic rings. The van der Waals surface area contributed by atoms with E-state index in [4.69, 9.17) is 28.4 Å². The Hall–Kier alpha value is -0.280. The van der Waals surface area contributed by atoms with Crippen molar-refractivity contribution in [1.82, 2.24) is 0 Å². The zero-order valence-electron chi connectivity index (χ0n) is 24.4. The topological polar surface area (TPSA) is 75.6 Å². The second kappa shape index (κ2) is 8.14. The zero-order chi connectivity index (χ0) is 26.7. The highest BCUT2D eigenvalue weighted by molar-refractivity contribution is 5.13. The lowest BCUT2D eigenvalue weighted by atomic mass is 9.87. The predicted molar refractivity (Wildman–Crippen MR) is 138 cm³/mol. The summed E-state index contributed by atoms with van der Waals surface area (Å²) in [6.07, 6.45) is 9.32. The Bertz CT molecular complexity index is 916. The van der Waals surface area contributed by atoms with Crippen molar-refractivity contribution in [2.24, 2.45) is 0 Å². The lowest BCUT2D eigenvalue weighted by Gasteiger charge is -2.53. The third-order valence-corrected chi connectivity index (χ3v) is 11.1. The Morgan fingerprint density at radius 1 is 0.595 bits per heavy atom. The van der Waals surface area contributed by atoms with Crippen molar-refractivity contribution >= 4 is 0 Å². The predicted octanol–water partition coefficient (Wildman–Crippen LogP) is 5.19. The summed E-state index contributed by atoms with van der Waals surface area (Å²) < 4.78 is 40.4. The average Bonchev–Trinajstić information content (AvgIpc) is 3.57. The van der Waals surface area contributed by atoms with Crippen molar-refractivity contribution in [1.29, 1.82) is 0 Å². The van der Waals surface area contributed by atoms with Crippen molar-refractivity contribution in [3.05, 3.63) is 0 Å². The van der Waals surface area contributed by atoms with Gasteiger partial charge in [0.05, 0.1) is 58.5 Å². The molecule has 6 fully saturated rings. The van der Waals surface area contributed by atoms with Crippen LogP contribution in [0.25, 0.3) is 0 Å². The summed E-state index contributed by atoms with van der Waals surface area (Å²) in [5, 5.41) is 10.5. The van der Waals surface area contributed by atoms with E-state index in [9.17, 15) is 5.11 Å². The van der Waals surface area contributed by atoms with E-state index in [0.29, 0.717) is 0 Å². The number of hydrogen-bond donors (Lipinski definition) is 1. The summed E-state index contributed by atoms with van der Waals surface area (Å²) in [5.41, 5.74) is -2.73. The van der Waals surface area contributed by atoms with E-state index in [-0.39, 0.29) is 47.3 Å². The van der Waals surface area contributed by atoms with Crippen LogP contribution in [0.5, 0.6) is 0 Å². The molecule has 1 N–H and O–H groups in total. The Labute approximate surface area is 223 Å². The first-order valence-corrected chi connectivity index (χ1v) is 14.8. The minimum atomic E-state index is -0.839. The molecule has 0 saturated carbocycles. The molecule has 6 heterocycles. The maximum absolute atomic E-state index is 10.5. The van der Waals surface area contributed by atoms with E-state index in [0.717, 1.165) is 64.2 Å². The number of aliphatic hydroxyl groups is 1. The van der Waals surface area contributed by atoms with E-state index in [1.165, 1.54) is 0 Å². The lowest BCUT2D eigenvalue weighted by molar-refractivity contribution is -0.407. The summed E-state index contributed by atoms with van der Waals surface area (Å²) in [7, 11) is 0. The molecule has 7 nitrogen and oxygen atoms in total. The zero-order valence-corrected chi connectivity index (χ0v) is 24.4. The second-order valence-electron chi connectivity index (χ2n) is 15.0. The van der Waals surface area contributed by atoms with Gasteiger partial charge in [-0.1, -0.05) is 0 Å². The Morgan fingerprint density at radius 3 is 1.89 bits per heavy atom. The number of hydrogen-bond acceptors (Lipinski definition) is 7. The van der Waals surface area contributed by atoms with Crippen molar-refractivity contribution in [2.75, 3.05) is 0 Å². The van der Waals surface area contributed by atoms with E-state index in [1.54, 1.807) is 0 Å². The lowest BCUT2D eigenvalue weighted by Crippen LogP contribution is -2.64. The molecule has 0 aromatic carbocycles. The van der Waals surface area contributed by atoms with Crippen LogP contribution in [-0.2, 0) is 28.4 Å². The Kier molecular flexibility index (Phi) is 5.92. The van der Waals surface area contributed by atoms with Gasteiger partial charge in [0, 0.05) is 6.42 Å². The molecule has 0 radical (unpaired) electrons. The first kappa shape index (κ1) is 26.9. The molecular weight excluding hydrogens is 472 g/mol. The van der Waals surface area contributed by atoms with Gasteiger partial charge in [-0.25, -0.2) is 0 Å². The molecule has 0 aromatic heterocycles.